The van der Waals surface area contributed by atoms with Crippen LogP contribution in [-0.4, -0.2) is 33.9 Å². The normalized spacial score (nSPS) is 16.7. The molecule has 31 heavy (non-hydrogen) atoms. The lowest BCUT2D eigenvalue weighted by Gasteiger charge is -2.17. The summed E-state index contributed by atoms with van der Waals surface area (Å²) < 4.78 is 11.7. The van der Waals surface area contributed by atoms with Crippen molar-refractivity contribution in [2.45, 2.75) is 25.2 Å². The van der Waals surface area contributed by atoms with Crippen molar-refractivity contribution in [1.82, 2.24) is 15.0 Å². The Morgan fingerprint density at radius 1 is 1.00 bits per heavy atom. The summed E-state index contributed by atoms with van der Waals surface area (Å²) in [5.41, 5.74) is 3.28. The Labute approximate surface area is 180 Å². The van der Waals surface area contributed by atoms with Gasteiger partial charge in [0.1, 0.15) is 5.75 Å². The van der Waals surface area contributed by atoms with Gasteiger partial charge in [0.2, 0.25) is 11.7 Å². The predicted octanol–water partition coefficient (Wildman–Crippen LogP) is 5.27. The average molecular weight is 413 g/mol. The Hall–Kier alpha value is -3.51. The van der Waals surface area contributed by atoms with Crippen LogP contribution in [0, 0.1) is 0 Å². The van der Waals surface area contributed by atoms with Crippen LogP contribution in [0.5, 0.6) is 11.6 Å². The summed E-state index contributed by atoms with van der Waals surface area (Å²) in [6.45, 7) is 1.57. The zero-order valence-electron chi connectivity index (χ0n) is 17.1. The van der Waals surface area contributed by atoms with Gasteiger partial charge < -0.3 is 14.5 Å². The van der Waals surface area contributed by atoms with Gasteiger partial charge in [-0.1, -0.05) is 18.2 Å². The van der Waals surface area contributed by atoms with Gasteiger partial charge >= 0.3 is 0 Å². The van der Waals surface area contributed by atoms with Crippen molar-refractivity contribution in [3.05, 3.63) is 83.8 Å². The van der Waals surface area contributed by atoms with Gasteiger partial charge in [0.05, 0.1) is 11.0 Å². The van der Waals surface area contributed by atoms with Gasteiger partial charge in [0, 0.05) is 30.5 Å². The van der Waals surface area contributed by atoms with Crippen molar-refractivity contribution in [2.75, 3.05) is 13.2 Å². The molecular formula is C25H23N3O3. The van der Waals surface area contributed by atoms with Gasteiger partial charge in [-0.15, -0.1) is 0 Å². The van der Waals surface area contributed by atoms with Crippen molar-refractivity contribution in [3.63, 3.8) is 0 Å². The van der Waals surface area contributed by atoms with E-state index in [9.17, 15) is 4.79 Å². The molecule has 0 aliphatic carbocycles. The number of imidazole rings is 1. The minimum absolute atomic E-state index is 0.153. The maximum atomic E-state index is 12.8. The number of rotatable bonds is 5. The number of ketones is 1. The first-order valence-corrected chi connectivity index (χ1v) is 10.6. The van der Waals surface area contributed by atoms with Crippen LogP contribution in [0.3, 0.4) is 0 Å². The first-order valence-electron chi connectivity index (χ1n) is 10.6. The number of H-pyrrole nitrogens is 1. The van der Waals surface area contributed by atoms with Crippen LogP contribution in [0.2, 0.25) is 0 Å². The second-order valence-electron chi connectivity index (χ2n) is 7.70. The molecule has 0 spiro atoms. The first kappa shape index (κ1) is 19.5. The number of fused-ring (bicyclic) bond motifs is 1. The number of carbonyl (C=O) groups is 1. The van der Waals surface area contributed by atoms with E-state index >= 15 is 0 Å². The molecule has 1 atom stereocenters. The Morgan fingerprint density at radius 3 is 2.74 bits per heavy atom. The molecule has 4 aromatic rings. The molecule has 2 aromatic carbocycles. The molecular weight excluding hydrogens is 390 g/mol. The predicted molar refractivity (Wildman–Crippen MR) is 118 cm³/mol. The number of nitrogens with zero attached hydrogens (tertiary/aromatic N) is 2. The van der Waals surface area contributed by atoms with Crippen LogP contribution in [0.4, 0.5) is 0 Å². The van der Waals surface area contributed by atoms with E-state index in [1.807, 2.05) is 30.3 Å². The molecule has 156 valence electrons. The van der Waals surface area contributed by atoms with Gasteiger partial charge in [0.15, 0.2) is 5.82 Å². The Morgan fingerprint density at radius 2 is 1.87 bits per heavy atom. The summed E-state index contributed by atoms with van der Waals surface area (Å²) in [7, 11) is 0. The quantitative estimate of drug-likeness (QED) is 0.451. The fraction of sp³-hybridized carbons (Fsp3) is 0.240. The van der Waals surface area contributed by atoms with E-state index in [-0.39, 0.29) is 5.78 Å². The van der Waals surface area contributed by atoms with Crippen LogP contribution < -0.4 is 4.74 Å². The second kappa shape index (κ2) is 8.70. The van der Waals surface area contributed by atoms with Gasteiger partial charge in [-0.05, 0) is 67.6 Å². The molecule has 6 heteroatoms. The number of para-hydroxylation sites is 2. The minimum Gasteiger partial charge on any atom is -0.439 e. The molecule has 2 aromatic heterocycles. The van der Waals surface area contributed by atoms with Crippen LogP contribution >= 0.6 is 0 Å². The smallest absolute Gasteiger partial charge is 0.228 e. The fourth-order valence-electron chi connectivity index (χ4n) is 4.00. The number of aromatic amines is 1. The lowest BCUT2D eigenvalue weighted by atomic mass is 9.93. The van der Waals surface area contributed by atoms with Crippen molar-refractivity contribution < 1.29 is 14.3 Å². The van der Waals surface area contributed by atoms with Crippen molar-refractivity contribution in [1.29, 1.82) is 0 Å². The first-order chi connectivity index (χ1) is 15.3. The highest BCUT2D eigenvalue weighted by Crippen LogP contribution is 2.34. The zero-order chi connectivity index (χ0) is 21.0. The topological polar surface area (TPSA) is 77.1 Å². The summed E-state index contributed by atoms with van der Waals surface area (Å²) in [6, 6.07) is 18.7. The Balaban J connectivity index is 1.34. The molecule has 1 aliphatic rings. The molecule has 0 radical (unpaired) electrons. The van der Waals surface area contributed by atoms with E-state index < -0.39 is 0 Å². The Bertz CT molecular complexity index is 1160. The molecule has 1 fully saturated rings. The zero-order valence-corrected chi connectivity index (χ0v) is 17.1. The third-order valence-electron chi connectivity index (χ3n) is 5.63. The number of ether oxygens (including phenoxy) is 2. The van der Waals surface area contributed by atoms with E-state index in [4.69, 9.17) is 9.47 Å². The monoisotopic (exact) mass is 413 g/mol. The molecule has 1 aliphatic heterocycles. The third kappa shape index (κ3) is 4.20. The van der Waals surface area contributed by atoms with Gasteiger partial charge in [-0.2, -0.15) is 0 Å². The van der Waals surface area contributed by atoms with Crippen molar-refractivity contribution in [3.8, 4) is 11.6 Å². The molecule has 0 saturated carbocycles. The average Bonchev–Trinajstić information content (AvgIpc) is 3.06. The number of hydrogen-bond donors (Lipinski definition) is 1. The van der Waals surface area contributed by atoms with Gasteiger partial charge in [-0.25, -0.2) is 9.97 Å². The van der Waals surface area contributed by atoms with E-state index in [1.54, 1.807) is 30.5 Å². The van der Waals surface area contributed by atoms with Crippen molar-refractivity contribution in [2.24, 2.45) is 0 Å². The molecule has 1 saturated heterocycles. The standard InChI is InChI=1S/C25H23N3O3/c29-23(24-27-21-7-1-2-8-22(21)28-24)18-9-11-19(12-10-18)31-25-20(6-3-14-26-25)17-5-4-15-30-16-13-17/h1-3,6-12,14,17H,4-5,13,15-16H2,(H,27,28). The number of hydrogen-bond acceptors (Lipinski definition) is 5. The van der Waals surface area contributed by atoms with Gasteiger partial charge in [0.25, 0.3) is 0 Å². The maximum Gasteiger partial charge on any atom is 0.228 e. The van der Waals surface area contributed by atoms with Crippen LogP contribution in [0.25, 0.3) is 11.0 Å². The molecule has 1 N–H and O–H groups in total. The van der Waals surface area contributed by atoms with Crippen molar-refractivity contribution >= 4 is 16.8 Å². The SMILES string of the molecule is O=C(c1ccc(Oc2ncccc2C2CCCOCC2)cc1)c1nc2ccccc2[nH]1. The highest BCUT2D eigenvalue weighted by Gasteiger charge is 2.20. The molecule has 5 rings (SSSR count). The summed E-state index contributed by atoms with van der Waals surface area (Å²) in [5, 5.41) is 0. The highest BCUT2D eigenvalue weighted by molar-refractivity contribution is 6.08. The number of aromatic nitrogens is 3. The van der Waals surface area contributed by atoms with Crippen LogP contribution in [0.15, 0.2) is 66.9 Å². The van der Waals surface area contributed by atoms with Crippen LogP contribution in [-0.2, 0) is 4.74 Å². The lowest BCUT2D eigenvalue weighted by Crippen LogP contribution is -2.04. The summed E-state index contributed by atoms with van der Waals surface area (Å²) in [6.07, 6.45) is 4.81. The molecule has 0 amide bonds. The molecule has 3 heterocycles. The second-order valence-corrected chi connectivity index (χ2v) is 7.70. The number of benzene rings is 2. The summed E-state index contributed by atoms with van der Waals surface area (Å²) >= 11 is 0. The number of carbonyl (C=O) groups excluding carboxylic acids is 1. The largest absolute Gasteiger partial charge is 0.439 e. The molecule has 0 bridgehead atoms. The minimum atomic E-state index is -0.153. The third-order valence-corrected chi connectivity index (χ3v) is 5.63. The van der Waals surface area contributed by atoms with E-state index in [0.29, 0.717) is 28.9 Å². The highest BCUT2D eigenvalue weighted by atomic mass is 16.5. The number of pyridine rings is 1. The van der Waals surface area contributed by atoms with Crippen LogP contribution in [0.1, 0.15) is 46.9 Å². The lowest BCUT2D eigenvalue weighted by molar-refractivity contribution is 0.103. The summed E-state index contributed by atoms with van der Waals surface area (Å²) in [5.74, 6) is 1.81. The van der Waals surface area contributed by atoms with E-state index in [2.05, 4.69) is 21.0 Å². The van der Waals surface area contributed by atoms with Gasteiger partial charge in [-0.3, -0.25) is 4.79 Å². The Kier molecular flexibility index (Phi) is 5.46. The van der Waals surface area contributed by atoms with E-state index in [1.165, 1.54) is 0 Å². The summed E-state index contributed by atoms with van der Waals surface area (Å²) in [4.78, 5) is 24.8. The molecule has 1 unspecified atom stereocenters. The fourth-order valence-corrected chi connectivity index (χ4v) is 4.00. The van der Waals surface area contributed by atoms with E-state index in [0.717, 1.165) is 49.1 Å². The maximum absolute atomic E-state index is 12.8. The molecule has 6 nitrogen and oxygen atoms in total. The number of nitrogens with one attached hydrogen (secondary N) is 1.